The maximum absolute atomic E-state index is 10.0. The maximum atomic E-state index is 10.0. The third-order valence-corrected chi connectivity index (χ3v) is 3.06. The predicted molar refractivity (Wildman–Crippen MR) is 70.8 cm³/mol. The minimum atomic E-state index is -0.402. The van der Waals surface area contributed by atoms with Gasteiger partial charge in [0, 0.05) is 13.2 Å². The van der Waals surface area contributed by atoms with Gasteiger partial charge in [0.1, 0.15) is 5.75 Å². The summed E-state index contributed by atoms with van der Waals surface area (Å²) < 4.78 is 10.9. The topological polar surface area (TPSA) is 38.7 Å². The lowest BCUT2D eigenvalue weighted by molar-refractivity contribution is 0.114. The number of aliphatic hydroxyl groups is 1. The van der Waals surface area contributed by atoms with Crippen molar-refractivity contribution in [3.8, 4) is 5.75 Å². The molecule has 1 aromatic carbocycles. The van der Waals surface area contributed by atoms with E-state index in [0.717, 1.165) is 37.4 Å². The van der Waals surface area contributed by atoms with Crippen LogP contribution in [0.3, 0.4) is 0 Å². The summed E-state index contributed by atoms with van der Waals surface area (Å²) in [6.07, 6.45) is 3.98. The fourth-order valence-electron chi connectivity index (χ4n) is 1.84. The van der Waals surface area contributed by atoms with Crippen LogP contribution in [0.5, 0.6) is 5.75 Å². The molecule has 0 radical (unpaired) electrons. The number of ether oxygens (including phenoxy) is 2. The molecule has 0 heterocycles. The van der Waals surface area contributed by atoms with Crippen molar-refractivity contribution in [2.45, 2.75) is 44.8 Å². The molecular formula is C15H22O3. The zero-order chi connectivity index (χ0) is 12.8. The van der Waals surface area contributed by atoms with Gasteiger partial charge in [0.05, 0.1) is 12.2 Å². The number of aliphatic hydroxyl groups excluding tert-OH is 1. The van der Waals surface area contributed by atoms with E-state index in [-0.39, 0.29) is 0 Å². The molecule has 1 fully saturated rings. The Hall–Kier alpha value is -1.06. The highest BCUT2D eigenvalue weighted by atomic mass is 16.5. The van der Waals surface area contributed by atoms with Gasteiger partial charge in [0.2, 0.25) is 0 Å². The molecule has 1 aromatic rings. The van der Waals surface area contributed by atoms with Gasteiger partial charge in [-0.1, -0.05) is 12.1 Å². The Morgan fingerprint density at radius 2 is 2.00 bits per heavy atom. The van der Waals surface area contributed by atoms with Crippen LogP contribution in [-0.4, -0.2) is 24.4 Å². The average Bonchev–Trinajstić information content (AvgIpc) is 3.19. The first-order valence-corrected chi connectivity index (χ1v) is 6.82. The third kappa shape index (κ3) is 4.31. The molecule has 3 nitrogen and oxygen atoms in total. The lowest BCUT2D eigenvalue weighted by Crippen LogP contribution is -2.01. The van der Waals surface area contributed by atoms with Crippen LogP contribution in [0.15, 0.2) is 24.3 Å². The van der Waals surface area contributed by atoms with Crippen LogP contribution in [-0.2, 0) is 4.74 Å². The summed E-state index contributed by atoms with van der Waals surface area (Å²) in [5, 5.41) is 10.0. The Morgan fingerprint density at radius 3 is 2.61 bits per heavy atom. The highest BCUT2D eigenvalue weighted by Gasteiger charge is 2.23. The lowest BCUT2D eigenvalue weighted by atomic mass is 10.1. The van der Waals surface area contributed by atoms with E-state index in [2.05, 4.69) is 0 Å². The highest BCUT2D eigenvalue weighted by Crippen LogP contribution is 2.28. The molecule has 0 aliphatic heterocycles. The number of hydrogen-bond acceptors (Lipinski definition) is 3. The van der Waals surface area contributed by atoms with Gasteiger partial charge in [-0.25, -0.2) is 0 Å². The Kier molecular flexibility index (Phi) is 5.02. The molecule has 1 N–H and O–H groups in total. The molecule has 0 aromatic heterocycles. The number of rotatable bonds is 8. The van der Waals surface area contributed by atoms with Crippen molar-refractivity contribution in [1.29, 1.82) is 0 Å². The van der Waals surface area contributed by atoms with E-state index >= 15 is 0 Å². The summed E-state index contributed by atoms with van der Waals surface area (Å²) in [6, 6.07) is 7.78. The standard InChI is InChI=1S/C15H22O3/c1-2-17-11-3-4-15(16)12-5-7-13(8-6-12)18-14-9-10-14/h5-8,14-16H,2-4,9-11H2,1H3. The van der Waals surface area contributed by atoms with Crippen LogP contribution in [0.2, 0.25) is 0 Å². The largest absolute Gasteiger partial charge is 0.490 e. The molecule has 0 amide bonds. The maximum Gasteiger partial charge on any atom is 0.119 e. The van der Waals surface area contributed by atoms with E-state index in [0.29, 0.717) is 6.10 Å². The van der Waals surface area contributed by atoms with Crippen LogP contribution in [0.1, 0.15) is 44.3 Å². The van der Waals surface area contributed by atoms with Crippen LogP contribution in [0.25, 0.3) is 0 Å². The molecule has 18 heavy (non-hydrogen) atoms. The van der Waals surface area contributed by atoms with Gasteiger partial charge in [-0.3, -0.25) is 0 Å². The van der Waals surface area contributed by atoms with E-state index in [9.17, 15) is 5.11 Å². The van der Waals surface area contributed by atoms with E-state index in [1.54, 1.807) is 0 Å². The molecule has 3 heteroatoms. The molecule has 0 saturated heterocycles. The van der Waals surface area contributed by atoms with E-state index < -0.39 is 6.10 Å². The number of hydrogen-bond donors (Lipinski definition) is 1. The van der Waals surface area contributed by atoms with Gasteiger partial charge < -0.3 is 14.6 Å². The molecule has 2 rings (SSSR count). The quantitative estimate of drug-likeness (QED) is 0.721. The first-order valence-electron chi connectivity index (χ1n) is 6.82. The Labute approximate surface area is 109 Å². The molecule has 100 valence electrons. The second kappa shape index (κ2) is 6.76. The van der Waals surface area contributed by atoms with Gasteiger partial charge in [-0.05, 0) is 50.3 Å². The van der Waals surface area contributed by atoms with Crippen molar-refractivity contribution in [1.82, 2.24) is 0 Å². The van der Waals surface area contributed by atoms with Crippen LogP contribution in [0, 0.1) is 0 Å². The van der Waals surface area contributed by atoms with Gasteiger partial charge in [-0.15, -0.1) is 0 Å². The van der Waals surface area contributed by atoms with E-state index in [1.807, 2.05) is 31.2 Å². The highest BCUT2D eigenvalue weighted by molar-refractivity contribution is 5.29. The molecular weight excluding hydrogens is 228 g/mol. The van der Waals surface area contributed by atoms with Crippen LogP contribution in [0.4, 0.5) is 0 Å². The van der Waals surface area contributed by atoms with Crippen molar-refractivity contribution in [3.05, 3.63) is 29.8 Å². The van der Waals surface area contributed by atoms with E-state index in [4.69, 9.17) is 9.47 Å². The normalized spacial score (nSPS) is 16.6. The second-order valence-electron chi connectivity index (χ2n) is 4.74. The summed E-state index contributed by atoms with van der Waals surface area (Å²) in [5.41, 5.74) is 0.953. The summed E-state index contributed by atoms with van der Waals surface area (Å²) in [4.78, 5) is 0. The fraction of sp³-hybridized carbons (Fsp3) is 0.600. The van der Waals surface area contributed by atoms with Crippen molar-refractivity contribution in [3.63, 3.8) is 0 Å². The minimum Gasteiger partial charge on any atom is -0.490 e. The molecule has 1 saturated carbocycles. The Bertz CT molecular complexity index is 343. The molecule has 1 unspecified atom stereocenters. The first kappa shape index (κ1) is 13.4. The first-order chi connectivity index (χ1) is 8.79. The molecule has 0 spiro atoms. The molecule has 0 bridgehead atoms. The summed E-state index contributed by atoms with van der Waals surface area (Å²) in [7, 11) is 0. The van der Waals surface area contributed by atoms with Crippen molar-refractivity contribution in [2.75, 3.05) is 13.2 Å². The Morgan fingerprint density at radius 1 is 1.28 bits per heavy atom. The average molecular weight is 250 g/mol. The third-order valence-electron chi connectivity index (χ3n) is 3.06. The van der Waals surface area contributed by atoms with Gasteiger partial charge in [0.25, 0.3) is 0 Å². The summed E-state index contributed by atoms with van der Waals surface area (Å²) in [6.45, 7) is 3.44. The monoisotopic (exact) mass is 250 g/mol. The SMILES string of the molecule is CCOCCCC(O)c1ccc(OC2CC2)cc1. The molecule has 1 aliphatic rings. The minimum absolute atomic E-state index is 0.402. The zero-order valence-electron chi connectivity index (χ0n) is 11.0. The second-order valence-corrected chi connectivity index (χ2v) is 4.74. The summed E-state index contributed by atoms with van der Waals surface area (Å²) in [5.74, 6) is 0.905. The van der Waals surface area contributed by atoms with Crippen molar-refractivity contribution in [2.24, 2.45) is 0 Å². The van der Waals surface area contributed by atoms with Gasteiger partial charge >= 0.3 is 0 Å². The van der Waals surface area contributed by atoms with Crippen LogP contribution < -0.4 is 4.74 Å². The smallest absolute Gasteiger partial charge is 0.119 e. The van der Waals surface area contributed by atoms with Gasteiger partial charge in [0.15, 0.2) is 0 Å². The van der Waals surface area contributed by atoms with Gasteiger partial charge in [-0.2, -0.15) is 0 Å². The molecule has 1 atom stereocenters. The predicted octanol–water partition coefficient (Wildman–Crippen LogP) is 3.08. The van der Waals surface area contributed by atoms with E-state index in [1.165, 1.54) is 12.8 Å². The zero-order valence-corrected chi connectivity index (χ0v) is 11.0. The number of benzene rings is 1. The Balaban J connectivity index is 1.76. The lowest BCUT2D eigenvalue weighted by Gasteiger charge is -2.12. The molecule has 1 aliphatic carbocycles. The fourth-order valence-corrected chi connectivity index (χ4v) is 1.84. The van der Waals surface area contributed by atoms with Crippen molar-refractivity contribution >= 4 is 0 Å². The summed E-state index contributed by atoms with van der Waals surface area (Å²) >= 11 is 0. The van der Waals surface area contributed by atoms with Crippen molar-refractivity contribution < 1.29 is 14.6 Å². The van der Waals surface area contributed by atoms with Crippen LogP contribution >= 0.6 is 0 Å².